The van der Waals surface area contributed by atoms with Gasteiger partial charge < -0.3 is 9.64 Å². The number of rotatable bonds is 3. The maximum Gasteiger partial charge on any atom is 0.260 e. The molecule has 1 amide bonds. The van der Waals surface area contributed by atoms with Crippen LogP contribution in [-0.4, -0.2) is 30.5 Å². The van der Waals surface area contributed by atoms with E-state index in [-0.39, 0.29) is 12.5 Å². The summed E-state index contributed by atoms with van der Waals surface area (Å²) in [5.41, 5.74) is 2.31. The number of piperidine rings is 1. The molecule has 0 aromatic heterocycles. The quantitative estimate of drug-likeness (QED) is 0.822. The maximum absolute atomic E-state index is 12.0. The molecule has 0 N–H and O–H groups in total. The van der Waals surface area contributed by atoms with Crippen molar-refractivity contribution in [3.05, 3.63) is 29.3 Å². The van der Waals surface area contributed by atoms with Gasteiger partial charge in [0.2, 0.25) is 0 Å². The molecule has 0 bridgehead atoms. The number of ether oxygens (including phenoxy) is 1. The molecule has 1 heterocycles. The van der Waals surface area contributed by atoms with Gasteiger partial charge in [-0.3, -0.25) is 4.79 Å². The Bertz CT molecular complexity index is 423. The minimum atomic E-state index is 0.107. The molecule has 1 fully saturated rings. The van der Waals surface area contributed by atoms with Gasteiger partial charge in [-0.15, -0.1) is 0 Å². The number of carbonyl (C=O) groups excluding carboxylic acids is 1. The summed E-state index contributed by atoms with van der Waals surface area (Å²) in [6.45, 7) is 6.00. The van der Waals surface area contributed by atoms with Gasteiger partial charge in [0.15, 0.2) is 6.61 Å². The van der Waals surface area contributed by atoms with Crippen LogP contribution in [0.3, 0.4) is 0 Å². The SMILES string of the molecule is Cc1cccc(OCC(=O)N2CCCCC2)c1C. The van der Waals surface area contributed by atoms with Crippen LogP contribution in [-0.2, 0) is 4.79 Å². The van der Waals surface area contributed by atoms with Crippen LogP contribution in [0.2, 0.25) is 0 Å². The van der Waals surface area contributed by atoms with Crippen molar-refractivity contribution in [3.8, 4) is 5.75 Å². The fourth-order valence-corrected chi connectivity index (χ4v) is 2.25. The van der Waals surface area contributed by atoms with Crippen molar-refractivity contribution in [2.45, 2.75) is 33.1 Å². The van der Waals surface area contributed by atoms with Crippen molar-refractivity contribution >= 4 is 5.91 Å². The lowest BCUT2D eigenvalue weighted by Gasteiger charge is -2.26. The van der Waals surface area contributed by atoms with E-state index in [1.54, 1.807) is 0 Å². The Balaban J connectivity index is 1.90. The molecule has 0 atom stereocenters. The van der Waals surface area contributed by atoms with E-state index < -0.39 is 0 Å². The van der Waals surface area contributed by atoms with Crippen molar-refractivity contribution in [2.24, 2.45) is 0 Å². The zero-order valence-corrected chi connectivity index (χ0v) is 11.2. The Morgan fingerprint density at radius 3 is 2.67 bits per heavy atom. The van der Waals surface area contributed by atoms with E-state index in [4.69, 9.17) is 4.74 Å². The molecule has 3 heteroatoms. The summed E-state index contributed by atoms with van der Waals surface area (Å²) < 4.78 is 5.64. The minimum Gasteiger partial charge on any atom is -0.483 e. The standard InChI is InChI=1S/C15H21NO2/c1-12-7-6-8-14(13(12)2)18-11-15(17)16-9-4-3-5-10-16/h6-8H,3-5,9-11H2,1-2H3. The number of likely N-dealkylation sites (tertiary alicyclic amines) is 1. The Kier molecular flexibility index (Phi) is 4.24. The second-order valence-corrected chi connectivity index (χ2v) is 4.93. The molecular weight excluding hydrogens is 226 g/mol. The number of hydrogen-bond donors (Lipinski definition) is 0. The minimum absolute atomic E-state index is 0.107. The van der Waals surface area contributed by atoms with E-state index in [9.17, 15) is 4.79 Å². The van der Waals surface area contributed by atoms with Crippen LogP contribution >= 0.6 is 0 Å². The predicted octanol–water partition coefficient (Wildman–Crippen LogP) is 2.69. The Morgan fingerprint density at radius 2 is 1.94 bits per heavy atom. The largest absolute Gasteiger partial charge is 0.483 e. The number of carbonyl (C=O) groups is 1. The van der Waals surface area contributed by atoms with Crippen LogP contribution in [0, 0.1) is 13.8 Å². The third-order valence-corrected chi connectivity index (χ3v) is 3.61. The first kappa shape index (κ1) is 12.9. The van der Waals surface area contributed by atoms with Crippen molar-refractivity contribution in [1.29, 1.82) is 0 Å². The molecule has 0 unspecified atom stereocenters. The molecule has 0 radical (unpaired) electrons. The van der Waals surface area contributed by atoms with Crippen molar-refractivity contribution in [1.82, 2.24) is 4.90 Å². The molecule has 1 saturated heterocycles. The molecule has 3 nitrogen and oxygen atoms in total. The highest BCUT2D eigenvalue weighted by atomic mass is 16.5. The summed E-state index contributed by atoms with van der Waals surface area (Å²) in [4.78, 5) is 13.9. The molecular formula is C15H21NO2. The lowest BCUT2D eigenvalue weighted by molar-refractivity contribution is -0.134. The number of hydrogen-bond acceptors (Lipinski definition) is 2. The van der Waals surface area contributed by atoms with Crippen LogP contribution in [0.4, 0.5) is 0 Å². The monoisotopic (exact) mass is 247 g/mol. The van der Waals surface area contributed by atoms with Gasteiger partial charge in [0.1, 0.15) is 5.75 Å². The molecule has 0 aliphatic carbocycles. The van der Waals surface area contributed by atoms with Crippen LogP contribution in [0.5, 0.6) is 5.75 Å². The number of nitrogens with zero attached hydrogens (tertiary/aromatic N) is 1. The smallest absolute Gasteiger partial charge is 0.260 e. The highest BCUT2D eigenvalue weighted by molar-refractivity contribution is 5.77. The molecule has 18 heavy (non-hydrogen) atoms. The first-order valence-electron chi connectivity index (χ1n) is 6.65. The predicted molar refractivity (Wildman–Crippen MR) is 71.8 cm³/mol. The summed E-state index contributed by atoms with van der Waals surface area (Å²) in [5.74, 6) is 0.927. The third-order valence-electron chi connectivity index (χ3n) is 3.61. The lowest BCUT2D eigenvalue weighted by atomic mass is 10.1. The zero-order valence-electron chi connectivity index (χ0n) is 11.2. The van der Waals surface area contributed by atoms with Gasteiger partial charge in [-0.25, -0.2) is 0 Å². The van der Waals surface area contributed by atoms with Crippen LogP contribution in [0.15, 0.2) is 18.2 Å². The van der Waals surface area contributed by atoms with Crippen LogP contribution in [0.25, 0.3) is 0 Å². The number of aryl methyl sites for hydroxylation is 1. The molecule has 1 aromatic rings. The van der Waals surface area contributed by atoms with Gasteiger partial charge >= 0.3 is 0 Å². The van der Waals surface area contributed by atoms with Crippen LogP contribution in [0.1, 0.15) is 30.4 Å². The molecule has 0 saturated carbocycles. The summed E-state index contributed by atoms with van der Waals surface area (Å²) in [7, 11) is 0. The summed E-state index contributed by atoms with van der Waals surface area (Å²) in [6, 6.07) is 5.93. The van der Waals surface area contributed by atoms with E-state index in [2.05, 4.69) is 13.0 Å². The van der Waals surface area contributed by atoms with Gasteiger partial charge in [-0.2, -0.15) is 0 Å². The summed E-state index contributed by atoms with van der Waals surface area (Å²) >= 11 is 0. The van der Waals surface area contributed by atoms with Crippen molar-refractivity contribution in [3.63, 3.8) is 0 Å². The van der Waals surface area contributed by atoms with Gasteiger partial charge in [0.05, 0.1) is 0 Å². The Hall–Kier alpha value is -1.51. The molecule has 0 spiro atoms. The maximum atomic E-state index is 12.0. The average Bonchev–Trinajstić information content (AvgIpc) is 2.41. The molecule has 1 aliphatic heterocycles. The normalized spacial score (nSPS) is 15.6. The van der Waals surface area contributed by atoms with Crippen LogP contribution < -0.4 is 4.74 Å². The zero-order chi connectivity index (χ0) is 13.0. The number of benzene rings is 1. The molecule has 1 aromatic carbocycles. The topological polar surface area (TPSA) is 29.5 Å². The van der Waals surface area contributed by atoms with E-state index in [1.807, 2.05) is 24.0 Å². The highest BCUT2D eigenvalue weighted by Gasteiger charge is 2.17. The van der Waals surface area contributed by atoms with E-state index in [0.717, 1.165) is 37.2 Å². The summed E-state index contributed by atoms with van der Waals surface area (Å²) in [5, 5.41) is 0. The fourth-order valence-electron chi connectivity index (χ4n) is 2.25. The second-order valence-electron chi connectivity index (χ2n) is 4.93. The number of amides is 1. The first-order valence-corrected chi connectivity index (χ1v) is 6.65. The van der Waals surface area contributed by atoms with E-state index >= 15 is 0 Å². The second kappa shape index (κ2) is 5.89. The molecule has 1 aliphatic rings. The fraction of sp³-hybridized carbons (Fsp3) is 0.533. The van der Waals surface area contributed by atoms with Gasteiger partial charge in [0, 0.05) is 13.1 Å². The highest BCUT2D eigenvalue weighted by Crippen LogP contribution is 2.20. The third kappa shape index (κ3) is 3.03. The Morgan fingerprint density at radius 1 is 1.22 bits per heavy atom. The molecule has 2 rings (SSSR count). The van der Waals surface area contributed by atoms with Gasteiger partial charge in [-0.05, 0) is 50.3 Å². The van der Waals surface area contributed by atoms with Crippen molar-refractivity contribution < 1.29 is 9.53 Å². The average molecular weight is 247 g/mol. The first-order chi connectivity index (χ1) is 8.68. The van der Waals surface area contributed by atoms with Gasteiger partial charge in [-0.1, -0.05) is 12.1 Å². The van der Waals surface area contributed by atoms with Gasteiger partial charge in [0.25, 0.3) is 5.91 Å². The Labute approximate surface area is 109 Å². The van der Waals surface area contributed by atoms with Crippen molar-refractivity contribution in [2.75, 3.05) is 19.7 Å². The van der Waals surface area contributed by atoms with E-state index in [0.29, 0.717) is 0 Å². The molecule has 98 valence electrons. The summed E-state index contributed by atoms with van der Waals surface area (Å²) in [6.07, 6.45) is 3.48. The lowest BCUT2D eigenvalue weighted by Crippen LogP contribution is -2.38. The van der Waals surface area contributed by atoms with E-state index in [1.165, 1.54) is 12.0 Å².